The zero-order chi connectivity index (χ0) is 11.9. The molecule has 4 rings (SSSR count). The van der Waals surface area contributed by atoms with E-state index < -0.39 is 0 Å². The molecule has 0 aliphatic heterocycles. The van der Waals surface area contributed by atoms with Crippen LogP contribution in [0.1, 0.15) is 0 Å². The minimum absolute atomic E-state index is 0.766. The lowest BCUT2D eigenvalue weighted by Gasteiger charge is -2.02. The van der Waals surface area contributed by atoms with Crippen molar-refractivity contribution in [3.05, 3.63) is 54.7 Å². The van der Waals surface area contributed by atoms with E-state index in [-0.39, 0.29) is 0 Å². The van der Waals surface area contributed by atoms with Gasteiger partial charge in [0.25, 0.3) is 0 Å². The zero-order valence-electron chi connectivity index (χ0n) is 9.54. The van der Waals surface area contributed by atoms with E-state index in [9.17, 15) is 0 Å². The predicted octanol–water partition coefficient (Wildman–Crippen LogP) is 3.33. The fourth-order valence-corrected chi connectivity index (χ4v) is 2.19. The smallest absolute Gasteiger partial charge is 0.159 e. The number of pyridine rings is 3. The summed E-state index contributed by atoms with van der Waals surface area (Å²) in [7, 11) is 0. The summed E-state index contributed by atoms with van der Waals surface area (Å²) in [6.07, 6.45) is 1.76. The van der Waals surface area contributed by atoms with Crippen molar-refractivity contribution in [2.24, 2.45) is 0 Å². The van der Waals surface area contributed by atoms with Crippen LogP contribution in [-0.4, -0.2) is 15.0 Å². The first kappa shape index (κ1) is 9.48. The Labute approximate surface area is 103 Å². The maximum absolute atomic E-state index is 4.64. The molecule has 3 heteroatoms. The predicted molar refractivity (Wildman–Crippen MR) is 72.3 cm³/mol. The third-order valence-electron chi connectivity index (χ3n) is 3.07. The molecule has 0 bridgehead atoms. The largest absolute Gasteiger partial charge is 0.246 e. The van der Waals surface area contributed by atoms with Crippen molar-refractivity contribution in [1.82, 2.24) is 15.0 Å². The van der Waals surface area contributed by atoms with Crippen LogP contribution in [0.25, 0.3) is 33.0 Å². The summed E-state index contributed by atoms with van der Waals surface area (Å²) in [5, 5.41) is 2.13. The fraction of sp³-hybridized carbons (Fsp3) is 0. The molecule has 0 amide bonds. The van der Waals surface area contributed by atoms with Gasteiger partial charge in [-0.3, -0.25) is 0 Å². The zero-order valence-corrected chi connectivity index (χ0v) is 9.54. The first-order chi connectivity index (χ1) is 8.90. The molecule has 0 spiro atoms. The Hall–Kier alpha value is -2.55. The van der Waals surface area contributed by atoms with Crippen LogP contribution in [0.2, 0.25) is 0 Å². The lowest BCUT2D eigenvalue weighted by atomic mass is 10.1. The van der Waals surface area contributed by atoms with E-state index in [0.29, 0.717) is 0 Å². The van der Waals surface area contributed by atoms with Gasteiger partial charge in [-0.25, -0.2) is 15.0 Å². The van der Waals surface area contributed by atoms with Crippen molar-refractivity contribution in [2.75, 3.05) is 0 Å². The highest BCUT2D eigenvalue weighted by Gasteiger charge is 2.03. The van der Waals surface area contributed by atoms with Crippen molar-refractivity contribution < 1.29 is 0 Å². The molecule has 18 heavy (non-hydrogen) atoms. The van der Waals surface area contributed by atoms with E-state index in [2.05, 4.69) is 21.0 Å². The van der Waals surface area contributed by atoms with Gasteiger partial charge in [0.2, 0.25) is 0 Å². The quantitative estimate of drug-likeness (QED) is 0.436. The summed E-state index contributed by atoms with van der Waals surface area (Å²) in [5.74, 6) is 0. The lowest BCUT2D eigenvalue weighted by Crippen LogP contribution is -1.88. The average molecular weight is 231 g/mol. The molecule has 3 aromatic heterocycles. The third kappa shape index (κ3) is 1.34. The van der Waals surface area contributed by atoms with Crippen LogP contribution in [-0.2, 0) is 0 Å². The Morgan fingerprint density at radius 3 is 2.44 bits per heavy atom. The Morgan fingerprint density at radius 1 is 0.667 bits per heavy atom. The van der Waals surface area contributed by atoms with Gasteiger partial charge in [-0.05, 0) is 30.3 Å². The molecule has 0 N–H and O–H groups in total. The van der Waals surface area contributed by atoms with Crippen molar-refractivity contribution in [2.45, 2.75) is 0 Å². The van der Waals surface area contributed by atoms with Crippen molar-refractivity contribution in [3.8, 4) is 0 Å². The van der Waals surface area contributed by atoms with Gasteiger partial charge in [0.05, 0.1) is 16.6 Å². The van der Waals surface area contributed by atoms with Gasteiger partial charge in [0, 0.05) is 17.0 Å². The summed E-state index contributed by atoms with van der Waals surface area (Å²) < 4.78 is 0. The summed E-state index contributed by atoms with van der Waals surface area (Å²) in [6.45, 7) is 0. The van der Waals surface area contributed by atoms with Crippen LogP contribution < -0.4 is 0 Å². The van der Waals surface area contributed by atoms with E-state index in [0.717, 1.165) is 33.0 Å². The van der Waals surface area contributed by atoms with Gasteiger partial charge in [0.1, 0.15) is 0 Å². The first-order valence-electron chi connectivity index (χ1n) is 5.81. The van der Waals surface area contributed by atoms with Crippen molar-refractivity contribution >= 4 is 33.0 Å². The summed E-state index contributed by atoms with van der Waals surface area (Å²) in [6, 6.07) is 16.1. The van der Waals surface area contributed by atoms with Crippen LogP contribution in [0.3, 0.4) is 0 Å². The molecule has 0 unspecified atom stereocenters. The van der Waals surface area contributed by atoms with Crippen LogP contribution in [0, 0.1) is 0 Å². The van der Waals surface area contributed by atoms with E-state index >= 15 is 0 Å². The molecule has 0 aliphatic carbocycles. The number of rotatable bonds is 0. The number of nitrogens with zero attached hydrogens (tertiary/aromatic N) is 3. The normalized spacial score (nSPS) is 11.3. The molecule has 4 aromatic rings. The number of hydrogen-bond acceptors (Lipinski definition) is 3. The summed E-state index contributed by atoms with van der Waals surface area (Å²) >= 11 is 0. The molecule has 0 saturated heterocycles. The minimum atomic E-state index is 0.766. The van der Waals surface area contributed by atoms with Gasteiger partial charge < -0.3 is 0 Å². The standard InChI is InChI=1S/C15H9N3/c1-2-6-12-10(4-1)8-14-13(17-12)9-11-5-3-7-16-15(11)18-14/h1-9H. The molecular formula is C15H9N3. The van der Waals surface area contributed by atoms with E-state index in [4.69, 9.17) is 0 Å². The van der Waals surface area contributed by atoms with Crippen LogP contribution in [0.15, 0.2) is 54.7 Å². The second kappa shape index (κ2) is 3.47. The van der Waals surface area contributed by atoms with Gasteiger partial charge in [0.15, 0.2) is 5.65 Å². The number of fused-ring (bicyclic) bond motifs is 3. The molecular weight excluding hydrogens is 222 g/mol. The van der Waals surface area contributed by atoms with Gasteiger partial charge in [-0.2, -0.15) is 0 Å². The first-order valence-corrected chi connectivity index (χ1v) is 5.81. The highest BCUT2D eigenvalue weighted by molar-refractivity contribution is 5.95. The van der Waals surface area contributed by atoms with Gasteiger partial charge in [-0.1, -0.05) is 18.2 Å². The van der Waals surface area contributed by atoms with Crippen molar-refractivity contribution in [1.29, 1.82) is 0 Å². The molecule has 84 valence electrons. The average Bonchev–Trinajstić information content (AvgIpc) is 2.42. The third-order valence-corrected chi connectivity index (χ3v) is 3.07. The van der Waals surface area contributed by atoms with E-state index in [1.807, 2.05) is 42.5 Å². The van der Waals surface area contributed by atoms with Crippen LogP contribution >= 0.6 is 0 Å². The summed E-state index contributed by atoms with van der Waals surface area (Å²) in [5.41, 5.74) is 3.56. The molecule has 1 aromatic carbocycles. The van der Waals surface area contributed by atoms with E-state index in [1.54, 1.807) is 6.20 Å². The number of para-hydroxylation sites is 1. The summed E-state index contributed by atoms with van der Waals surface area (Å²) in [4.78, 5) is 13.5. The number of aromatic nitrogens is 3. The van der Waals surface area contributed by atoms with Crippen LogP contribution in [0.5, 0.6) is 0 Å². The van der Waals surface area contributed by atoms with E-state index in [1.165, 1.54) is 0 Å². The highest BCUT2D eigenvalue weighted by Crippen LogP contribution is 2.21. The van der Waals surface area contributed by atoms with Crippen LogP contribution in [0.4, 0.5) is 0 Å². The Bertz CT molecular complexity index is 740. The maximum atomic E-state index is 4.64. The molecule has 0 aliphatic rings. The molecule has 0 atom stereocenters. The highest BCUT2D eigenvalue weighted by atomic mass is 14.9. The second-order valence-corrected chi connectivity index (χ2v) is 4.26. The monoisotopic (exact) mass is 231 g/mol. The SMILES string of the molecule is c1ccc2nc3cc4cccnc4nc3cc2c1. The molecule has 0 fully saturated rings. The van der Waals surface area contributed by atoms with Gasteiger partial charge >= 0.3 is 0 Å². The second-order valence-electron chi connectivity index (χ2n) is 4.26. The minimum Gasteiger partial charge on any atom is -0.246 e. The Kier molecular flexibility index (Phi) is 1.83. The number of benzene rings is 1. The topological polar surface area (TPSA) is 38.7 Å². The van der Waals surface area contributed by atoms with Gasteiger partial charge in [-0.15, -0.1) is 0 Å². The fourth-order valence-electron chi connectivity index (χ4n) is 2.19. The molecule has 0 saturated carbocycles. The lowest BCUT2D eigenvalue weighted by molar-refractivity contribution is 1.32. The molecule has 0 radical (unpaired) electrons. The Balaban J connectivity index is 2.20. The van der Waals surface area contributed by atoms with Crippen molar-refractivity contribution in [3.63, 3.8) is 0 Å². The maximum Gasteiger partial charge on any atom is 0.159 e. The molecule has 3 heterocycles. The molecule has 3 nitrogen and oxygen atoms in total. The number of hydrogen-bond donors (Lipinski definition) is 0. The Morgan fingerprint density at radius 2 is 1.44 bits per heavy atom.